The molecule has 8 aromatic heterocycles. The Balaban J connectivity index is 0.000000172. The van der Waals surface area contributed by atoms with Crippen LogP contribution in [-0.2, 0) is 54.0 Å². The van der Waals surface area contributed by atoms with Gasteiger partial charge in [0.1, 0.15) is 50.8 Å². The van der Waals surface area contributed by atoms with Crippen molar-refractivity contribution in [3.63, 3.8) is 0 Å². The molecular formula is C48H51ClN16O4. The van der Waals surface area contributed by atoms with Crippen LogP contribution in [0.15, 0.2) is 61.2 Å². The Kier molecular flexibility index (Phi) is 12.2. The number of hydrogen-bond donors (Lipinski definition) is 3. The number of carbonyl (C=O) groups excluding carboxylic acids is 2. The molecule has 0 atom stereocenters. The molecule has 0 saturated carbocycles. The number of nitrogens with zero attached hydrogens (tertiary/aromatic N) is 13. The fourth-order valence-electron chi connectivity index (χ4n) is 8.81. The minimum absolute atomic E-state index is 0.0304. The molecule has 0 saturated heterocycles. The number of aryl methyl sites for hydroxylation is 4. The van der Waals surface area contributed by atoms with Crippen LogP contribution in [0.4, 0.5) is 29.4 Å². The minimum atomic E-state index is -0.243. The standard InChI is InChI=1S/C24H26ClN7O2.C24H25N9O2/c1-14(33)10-15-11-16(6-8-26-15)34-17-13-27-22-21(20(17)25)31(4)23(29-22)28-19-12-18-24(2,3)7-5-9-32(18)30-19;1-14(34)28-19-10-15(6-8-26-19)35-17-13-27-22-21(16(17)12-25)32(4)23(30-22)29-20-11-18-24(2,3)7-5-9-33(18)31-20/h6,8,11-13H,5,7,9-10H2,1-4H3,(H,27,28,29,30);6,8,10-11,13H,5,7,9H2,1-4H3,(H,26,28,34)(H,27,29,30,31). The van der Waals surface area contributed by atoms with E-state index in [4.69, 9.17) is 31.3 Å². The molecule has 0 unspecified atom stereocenters. The summed E-state index contributed by atoms with van der Waals surface area (Å²) in [5.74, 6) is 4.28. The molecule has 0 radical (unpaired) electrons. The second-order valence-corrected chi connectivity index (χ2v) is 18.9. The first-order chi connectivity index (χ1) is 33.0. The van der Waals surface area contributed by atoms with Gasteiger partial charge in [0.25, 0.3) is 0 Å². The predicted octanol–water partition coefficient (Wildman–Crippen LogP) is 8.95. The van der Waals surface area contributed by atoms with Gasteiger partial charge in [-0.1, -0.05) is 39.3 Å². The number of Topliss-reactive ketones (excluding diaryl/α,β-unsaturated/α-hetero) is 1. The van der Waals surface area contributed by atoms with Crippen molar-refractivity contribution in [3.8, 4) is 29.1 Å². The number of halogens is 1. The van der Waals surface area contributed by atoms with E-state index in [2.05, 4.69) is 96.4 Å². The summed E-state index contributed by atoms with van der Waals surface area (Å²) >= 11 is 6.71. The molecule has 8 aromatic rings. The number of anilines is 5. The van der Waals surface area contributed by atoms with Gasteiger partial charge in [0.2, 0.25) is 17.8 Å². The van der Waals surface area contributed by atoms with Crippen LogP contribution in [0.1, 0.15) is 89.9 Å². The summed E-state index contributed by atoms with van der Waals surface area (Å²) in [5, 5.41) is 29.0. The number of ketones is 1. The summed E-state index contributed by atoms with van der Waals surface area (Å²) in [6, 6.07) is 13.0. The van der Waals surface area contributed by atoms with Crippen LogP contribution in [0.25, 0.3) is 22.3 Å². The number of carbonyl (C=O) groups is 2. The lowest BCUT2D eigenvalue weighted by Crippen LogP contribution is -2.27. The molecule has 1 amide bonds. The van der Waals surface area contributed by atoms with Crippen LogP contribution in [-0.4, -0.2) is 70.3 Å². The van der Waals surface area contributed by atoms with Gasteiger partial charge in [0, 0.05) is 99.4 Å². The van der Waals surface area contributed by atoms with Gasteiger partial charge in [-0.05, 0) is 44.7 Å². The summed E-state index contributed by atoms with van der Waals surface area (Å²) in [7, 11) is 3.68. The third kappa shape index (κ3) is 9.50. The normalized spacial score (nSPS) is 14.5. The summed E-state index contributed by atoms with van der Waals surface area (Å²) in [5.41, 5.74) is 5.57. The number of nitriles is 1. The average Bonchev–Trinajstić information content (AvgIpc) is 4.06. The van der Waals surface area contributed by atoms with Crippen LogP contribution in [0.3, 0.4) is 0 Å². The van der Waals surface area contributed by atoms with Gasteiger partial charge in [-0.3, -0.25) is 23.9 Å². The molecule has 20 nitrogen and oxygen atoms in total. The molecule has 0 spiro atoms. The number of imidazole rings is 2. The van der Waals surface area contributed by atoms with E-state index in [0.29, 0.717) is 79.4 Å². The van der Waals surface area contributed by atoms with Crippen molar-refractivity contribution in [2.24, 2.45) is 14.1 Å². The average molecular weight is 951 g/mol. The van der Waals surface area contributed by atoms with E-state index in [1.807, 2.05) is 23.3 Å². The molecule has 0 aliphatic carbocycles. The van der Waals surface area contributed by atoms with Crippen LogP contribution in [0.2, 0.25) is 5.02 Å². The second-order valence-electron chi connectivity index (χ2n) is 18.5. The fourth-order valence-corrected chi connectivity index (χ4v) is 9.11. The highest BCUT2D eigenvalue weighted by molar-refractivity contribution is 6.36. The van der Waals surface area contributed by atoms with Gasteiger partial charge in [0.15, 0.2) is 34.4 Å². The Labute approximate surface area is 402 Å². The Bertz CT molecular complexity index is 3340. The van der Waals surface area contributed by atoms with Gasteiger partial charge >= 0.3 is 0 Å². The zero-order valence-electron chi connectivity index (χ0n) is 39.5. The number of fused-ring (bicyclic) bond motifs is 4. The van der Waals surface area contributed by atoms with E-state index in [9.17, 15) is 14.9 Å². The highest BCUT2D eigenvalue weighted by atomic mass is 35.5. The molecule has 0 bridgehead atoms. The lowest BCUT2D eigenvalue weighted by molar-refractivity contribution is -0.116. The maximum atomic E-state index is 11.4. The molecule has 2 aliphatic heterocycles. The summed E-state index contributed by atoms with van der Waals surface area (Å²) < 4.78 is 19.6. The van der Waals surface area contributed by atoms with E-state index < -0.39 is 0 Å². The number of pyridine rings is 4. The molecule has 10 heterocycles. The fraction of sp³-hybridized carbons (Fsp3) is 0.354. The van der Waals surface area contributed by atoms with Crippen LogP contribution in [0.5, 0.6) is 23.0 Å². The van der Waals surface area contributed by atoms with Crippen LogP contribution >= 0.6 is 11.6 Å². The molecule has 21 heteroatoms. The number of aromatic nitrogens is 12. The van der Waals surface area contributed by atoms with Crippen molar-refractivity contribution < 1.29 is 19.1 Å². The minimum Gasteiger partial charge on any atom is -0.454 e. The van der Waals surface area contributed by atoms with Crippen molar-refractivity contribution in [1.82, 2.24) is 58.6 Å². The molecule has 2 aliphatic rings. The first-order valence-corrected chi connectivity index (χ1v) is 22.8. The molecule has 0 fully saturated rings. The van der Waals surface area contributed by atoms with Gasteiger partial charge in [0.05, 0.1) is 18.1 Å². The monoisotopic (exact) mass is 950 g/mol. The largest absolute Gasteiger partial charge is 0.454 e. The molecular weight excluding hydrogens is 900 g/mol. The zero-order valence-corrected chi connectivity index (χ0v) is 40.3. The summed E-state index contributed by atoms with van der Waals surface area (Å²) in [6.07, 6.45) is 10.8. The third-order valence-electron chi connectivity index (χ3n) is 12.3. The lowest BCUT2D eigenvalue weighted by Gasteiger charge is -2.30. The van der Waals surface area contributed by atoms with E-state index in [1.165, 1.54) is 37.6 Å². The second kappa shape index (κ2) is 18.3. The lowest BCUT2D eigenvalue weighted by atomic mass is 9.82. The highest BCUT2D eigenvalue weighted by Gasteiger charge is 2.31. The third-order valence-corrected chi connectivity index (χ3v) is 12.6. The summed E-state index contributed by atoms with van der Waals surface area (Å²) in [4.78, 5) is 49.1. The maximum Gasteiger partial charge on any atom is 0.222 e. The Morgan fingerprint density at radius 1 is 0.739 bits per heavy atom. The van der Waals surface area contributed by atoms with Crippen molar-refractivity contribution in [2.75, 3.05) is 16.0 Å². The van der Waals surface area contributed by atoms with Crippen molar-refractivity contribution in [2.45, 2.75) is 97.6 Å². The Morgan fingerprint density at radius 3 is 1.84 bits per heavy atom. The Morgan fingerprint density at radius 2 is 1.28 bits per heavy atom. The van der Waals surface area contributed by atoms with E-state index in [-0.39, 0.29) is 34.7 Å². The van der Waals surface area contributed by atoms with Crippen molar-refractivity contribution >= 4 is 75.0 Å². The number of nitrogens with one attached hydrogen (secondary N) is 3. The number of ether oxygens (including phenoxy) is 2. The highest BCUT2D eigenvalue weighted by Crippen LogP contribution is 2.39. The van der Waals surface area contributed by atoms with E-state index in [1.54, 1.807) is 41.2 Å². The molecule has 10 rings (SSSR count). The summed E-state index contributed by atoms with van der Waals surface area (Å²) in [6.45, 7) is 13.7. The predicted molar refractivity (Wildman–Crippen MR) is 260 cm³/mol. The molecule has 3 N–H and O–H groups in total. The SMILES string of the molecule is CC(=O)Cc1cc(Oc2cnc3nc(Nc4cc5n(n4)CCCC5(C)C)n(C)c3c2Cl)ccn1.CC(=O)Nc1cc(Oc2cnc3nc(Nc4cc5n(n4)CCCC5(C)C)n(C)c3c2C#N)ccn1. The number of amides is 1. The molecule has 0 aromatic carbocycles. The topological polar surface area (TPSA) is 235 Å². The first kappa shape index (κ1) is 46.2. The van der Waals surface area contributed by atoms with Gasteiger partial charge < -0.3 is 34.6 Å². The zero-order chi connectivity index (χ0) is 48.8. The maximum absolute atomic E-state index is 11.4. The first-order valence-electron chi connectivity index (χ1n) is 22.5. The van der Waals surface area contributed by atoms with E-state index >= 15 is 0 Å². The smallest absolute Gasteiger partial charge is 0.222 e. The number of hydrogen-bond acceptors (Lipinski definition) is 15. The quantitative estimate of drug-likeness (QED) is 0.110. The van der Waals surface area contributed by atoms with Crippen LogP contribution in [0, 0.1) is 11.3 Å². The van der Waals surface area contributed by atoms with Crippen molar-refractivity contribution in [3.05, 3.63) is 88.9 Å². The van der Waals surface area contributed by atoms with Crippen LogP contribution < -0.4 is 25.4 Å². The Hall–Kier alpha value is -7.92. The van der Waals surface area contributed by atoms with Gasteiger partial charge in [-0.2, -0.15) is 25.4 Å². The number of rotatable bonds is 11. The van der Waals surface area contributed by atoms with Crippen molar-refractivity contribution in [1.29, 1.82) is 5.26 Å². The van der Waals surface area contributed by atoms with E-state index in [0.717, 1.165) is 44.6 Å². The molecule has 69 heavy (non-hydrogen) atoms. The van der Waals surface area contributed by atoms with Gasteiger partial charge in [-0.15, -0.1) is 0 Å². The molecule has 354 valence electrons. The van der Waals surface area contributed by atoms with Gasteiger partial charge in [-0.25, -0.2) is 15.0 Å².